The van der Waals surface area contributed by atoms with Gasteiger partial charge in [0.1, 0.15) is 5.82 Å². The molecule has 4 rings (SSSR count). The minimum Gasteiger partial charge on any atom is -0.267 e. The van der Waals surface area contributed by atoms with E-state index in [4.69, 9.17) is 11.6 Å². The van der Waals surface area contributed by atoms with E-state index in [9.17, 15) is 12.8 Å². The molecule has 1 aliphatic carbocycles. The van der Waals surface area contributed by atoms with Crippen molar-refractivity contribution in [1.82, 2.24) is 14.1 Å². The molecule has 0 atom stereocenters. The second kappa shape index (κ2) is 5.29. The average molecular weight is 356 g/mol. The Morgan fingerprint density at radius 2 is 2.00 bits per heavy atom. The van der Waals surface area contributed by atoms with Gasteiger partial charge in [-0.05, 0) is 37.1 Å². The van der Waals surface area contributed by atoms with Crippen molar-refractivity contribution in [1.29, 1.82) is 0 Å². The lowest BCUT2D eigenvalue weighted by Gasteiger charge is -2.27. The number of halogens is 2. The van der Waals surface area contributed by atoms with E-state index in [0.717, 1.165) is 36.4 Å². The first-order valence-electron chi connectivity index (χ1n) is 7.47. The first-order valence-corrected chi connectivity index (χ1v) is 9.29. The van der Waals surface area contributed by atoms with Crippen LogP contribution in [0.2, 0.25) is 5.02 Å². The average Bonchev–Trinajstić information content (AvgIpc) is 3.28. The fourth-order valence-electron chi connectivity index (χ4n) is 2.83. The molecule has 122 valence electrons. The van der Waals surface area contributed by atoms with Gasteiger partial charge in [-0.15, -0.1) is 0 Å². The summed E-state index contributed by atoms with van der Waals surface area (Å²) in [5.41, 5.74) is 1.96. The van der Waals surface area contributed by atoms with Crippen molar-refractivity contribution >= 4 is 21.6 Å². The third kappa shape index (κ3) is 2.66. The summed E-state index contributed by atoms with van der Waals surface area (Å²) < 4.78 is 42.0. The highest BCUT2D eigenvalue weighted by Gasteiger charge is 2.32. The van der Waals surface area contributed by atoms with Crippen LogP contribution in [0.3, 0.4) is 0 Å². The first kappa shape index (κ1) is 15.1. The molecule has 0 bridgehead atoms. The Labute approximate surface area is 138 Å². The van der Waals surface area contributed by atoms with E-state index in [2.05, 4.69) is 5.10 Å². The zero-order valence-corrected chi connectivity index (χ0v) is 13.8. The normalized spacial score (nSPS) is 18.9. The predicted molar refractivity (Wildman–Crippen MR) is 83.2 cm³/mol. The highest BCUT2D eigenvalue weighted by Crippen LogP contribution is 2.40. The van der Waals surface area contributed by atoms with Gasteiger partial charge in [0.05, 0.1) is 34.4 Å². The molecule has 0 spiro atoms. The number of benzene rings is 1. The minimum atomic E-state index is -3.70. The van der Waals surface area contributed by atoms with Gasteiger partial charge in [0.15, 0.2) is 0 Å². The van der Waals surface area contributed by atoms with Crippen LogP contribution in [-0.4, -0.2) is 29.0 Å². The number of nitrogens with zero attached hydrogens (tertiary/aromatic N) is 3. The van der Waals surface area contributed by atoms with Gasteiger partial charge in [0.2, 0.25) is 10.0 Å². The van der Waals surface area contributed by atoms with Crippen LogP contribution in [0.25, 0.3) is 0 Å². The summed E-state index contributed by atoms with van der Waals surface area (Å²) in [5, 5.41) is 4.36. The molecule has 1 aromatic carbocycles. The Balaban J connectivity index is 1.63. The highest BCUT2D eigenvalue weighted by molar-refractivity contribution is 7.89. The molecular weight excluding hydrogens is 341 g/mol. The standard InChI is InChI=1S/C15H15ClFN3O2S/c16-13-8-12(3-4-14(13)17)23(21,22)19-5-6-20-11(9-19)7-15(18-20)10-1-2-10/h3-4,7-8,10H,1-2,5-6,9H2. The summed E-state index contributed by atoms with van der Waals surface area (Å²) >= 11 is 5.71. The van der Waals surface area contributed by atoms with Crippen molar-refractivity contribution in [2.45, 2.75) is 36.7 Å². The summed E-state index contributed by atoms with van der Waals surface area (Å²) in [6, 6.07) is 5.48. The maximum absolute atomic E-state index is 13.3. The molecule has 1 aromatic heterocycles. The number of fused-ring (bicyclic) bond motifs is 1. The fourth-order valence-corrected chi connectivity index (χ4v) is 4.51. The summed E-state index contributed by atoms with van der Waals surface area (Å²) in [7, 11) is -3.70. The maximum Gasteiger partial charge on any atom is 0.243 e. The Kier molecular flexibility index (Phi) is 3.48. The van der Waals surface area contributed by atoms with Gasteiger partial charge in [-0.1, -0.05) is 11.6 Å². The van der Waals surface area contributed by atoms with E-state index in [1.165, 1.54) is 10.4 Å². The molecule has 23 heavy (non-hydrogen) atoms. The van der Waals surface area contributed by atoms with E-state index in [-0.39, 0.29) is 16.5 Å². The lowest BCUT2D eigenvalue weighted by atomic mass is 10.2. The third-order valence-electron chi connectivity index (χ3n) is 4.31. The van der Waals surface area contributed by atoms with Gasteiger partial charge >= 0.3 is 0 Å². The Morgan fingerprint density at radius 1 is 1.22 bits per heavy atom. The fraction of sp³-hybridized carbons (Fsp3) is 0.400. The van der Waals surface area contributed by atoms with Crippen LogP contribution in [0, 0.1) is 5.82 Å². The van der Waals surface area contributed by atoms with Crippen molar-refractivity contribution < 1.29 is 12.8 Å². The smallest absolute Gasteiger partial charge is 0.243 e. The summed E-state index contributed by atoms with van der Waals surface area (Å²) in [4.78, 5) is 0.0132. The number of aromatic nitrogens is 2. The Morgan fingerprint density at radius 3 is 2.70 bits per heavy atom. The van der Waals surface area contributed by atoms with Crippen molar-refractivity contribution in [2.75, 3.05) is 6.54 Å². The number of sulfonamides is 1. The molecule has 2 heterocycles. The number of hydrogen-bond acceptors (Lipinski definition) is 3. The molecule has 1 aliphatic heterocycles. The molecular formula is C15H15ClFN3O2S. The van der Waals surface area contributed by atoms with Crippen LogP contribution in [0.5, 0.6) is 0 Å². The van der Waals surface area contributed by atoms with Crippen LogP contribution in [0.15, 0.2) is 29.2 Å². The van der Waals surface area contributed by atoms with Crippen LogP contribution in [0.4, 0.5) is 4.39 Å². The molecule has 1 fully saturated rings. The van der Waals surface area contributed by atoms with E-state index >= 15 is 0 Å². The molecule has 0 N–H and O–H groups in total. The molecule has 0 unspecified atom stereocenters. The van der Waals surface area contributed by atoms with Gasteiger partial charge in [0, 0.05) is 12.5 Å². The first-order chi connectivity index (χ1) is 10.9. The zero-order valence-electron chi connectivity index (χ0n) is 12.2. The third-order valence-corrected chi connectivity index (χ3v) is 6.44. The van der Waals surface area contributed by atoms with Crippen LogP contribution < -0.4 is 0 Å². The molecule has 0 saturated heterocycles. The Hall–Kier alpha value is -1.44. The van der Waals surface area contributed by atoms with Crippen molar-refractivity contribution in [3.8, 4) is 0 Å². The monoisotopic (exact) mass is 355 g/mol. The van der Waals surface area contributed by atoms with Gasteiger partial charge in [-0.2, -0.15) is 9.40 Å². The van der Waals surface area contributed by atoms with Gasteiger partial charge in [-0.25, -0.2) is 12.8 Å². The Bertz CT molecular complexity index is 877. The summed E-state index contributed by atoms with van der Waals surface area (Å²) in [5.74, 6) is -0.0922. The quantitative estimate of drug-likeness (QED) is 0.850. The molecule has 1 saturated carbocycles. The summed E-state index contributed by atoms with van der Waals surface area (Å²) in [6.45, 7) is 1.14. The maximum atomic E-state index is 13.3. The zero-order chi connectivity index (χ0) is 16.2. The molecule has 8 heteroatoms. The lowest BCUT2D eigenvalue weighted by Crippen LogP contribution is -2.38. The van der Waals surface area contributed by atoms with Gasteiger partial charge in [0.25, 0.3) is 0 Å². The minimum absolute atomic E-state index is 0.0132. The van der Waals surface area contributed by atoms with Crippen molar-refractivity contribution in [3.05, 3.63) is 46.5 Å². The molecule has 2 aliphatic rings. The number of hydrogen-bond donors (Lipinski definition) is 0. The lowest BCUT2D eigenvalue weighted by molar-refractivity contribution is 0.326. The van der Waals surface area contributed by atoms with Gasteiger partial charge < -0.3 is 0 Å². The molecule has 0 radical (unpaired) electrons. The second-order valence-electron chi connectivity index (χ2n) is 5.97. The largest absolute Gasteiger partial charge is 0.267 e. The van der Waals surface area contributed by atoms with Crippen LogP contribution in [0.1, 0.15) is 30.1 Å². The van der Waals surface area contributed by atoms with E-state index in [1.807, 2.05) is 10.7 Å². The molecule has 5 nitrogen and oxygen atoms in total. The molecule has 2 aromatic rings. The van der Waals surface area contributed by atoms with Crippen molar-refractivity contribution in [2.24, 2.45) is 0 Å². The SMILES string of the molecule is O=S(=O)(c1ccc(F)c(Cl)c1)N1CCn2nc(C3CC3)cc2C1. The van der Waals surface area contributed by atoms with Gasteiger partial charge in [-0.3, -0.25) is 4.68 Å². The number of rotatable bonds is 3. The van der Waals surface area contributed by atoms with Crippen LogP contribution in [-0.2, 0) is 23.1 Å². The highest BCUT2D eigenvalue weighted by atomic mass is 35.5. The molecule has 0 amide bonds. The topological polar surface area (TPSA) is 55.2 Å². The predicted octanol–water partition coefficient (Wildman–Crippen LogP) is 2.76. The van der Waals surface area contributed by atoms with Crippen molar-refractivity contribution in [3.63, 3.8) is 0 Å². The van der Waals surface area contributed by atoms with Crippen LogP contribution >= 0.6 is 11.6 Å². The van der Waals surface area contributed by atoms with E-state index in [1.54, 1.807) is 0 Å². The van der Waals surface area contributed by atoms with E-state index < -0.39 is 15.8 Å². The summed E-state index contributed by atoms with van der Waals surface area (Å²) in [6.07, 6.45) is 2.32. The second-order valence-corrected chi connectivity index (χ2v) is 8.32. The van der Waals surface area contributed by atoms with E-state index in [0.29, 0.717) is 19.0 Å².